The van der Waals surface area contributed by atoms with E-state index in [0.717, 1.165) is 27.3 Å². The molecular formula is C15H18N2O3S2. The van der Waals surface area contributed by atoms with Crippen LogP contribution in [0.3, 0.4) is 0 Å². The van der Waals surface area contributed by atoms with E-state index in [0.29, 0.717) is 6.54 Å². The number of rotatable bonds is 6. The molecular weight excluding hydrogens is 320 g/mol. The van der Waals surface area contributed by atoms with Crippen LogP contribution in [0, 0.1) is 6.92 Å². The maximum absolute atomic E-state index is 12.3. The predicted octanol–water partition coefficient (Wildman–Crippen LogP) is 2.17. The Kier molecular flexibility index (Phi) is 5.33. The summed E-state index contributed by atoms with van der Waals surface area (Å²) < 4.78 is 27.4. The van der Waals surface area contributed by atoms with Gasteiger partial charge in [0.05, 0.1) is 6.54 Å². The van der Waals surface area contributed by atoms with E-state index >= 15 is 0 Å². The van der Waals surface area contributed by atoms with Crippen LogP contribution in [0.4, 0.5) is 0 Å². The molecule has 0 aliphatic rings. The quantitative estimate of drug-likeness (QED) is 0.847. The molecule has 0 saturated heterocycles. The fourth-order valence-corrected chi connectivity index (χ4v) is 4.21. The van der Waals surface area contributed by atoms with E-state index in [9.17, 15) is 13.2 Å². The number of amides is 1. The van der Waals surface area contributed by atoms with Gasteiger partial charge < -0.3 is 5.32 Å². The highest BCUT2D eigenvalue weighted by molar-refractivity contribution is 7.91. The van der Waals surface area contributed by atoms with Gasteiger partial charge in [-0.05, 0) is 30.2 Å². The molecule has 1 aromatic heterocycles. The second-order valence-electron chi connectivity index (χ2n) is 4.88. The Bertz CT molecular complexity index is 767. The summed E-state index contributed by atoms with van der Waals surface area (Å²) >= 11 is 1.16. The van der Waals surface area contributed by atoms with Crippen molar-refractivity contribution in [2.24, 2.45) is 0 Å². The molecule has 1 amide bonds. The van der Waals surface area contributed by atoms with Gasteiger partial charge in [0.1, 0.15) is 4.21 Å². The van der Waals surface area contributed by atoms with E-state index in [1.165, 1.54) is 6.92 Å². The van der Waals surface area contributed by atoms with E-state index in [2.05, 4.69) is 10.0 Å². The van der Waals surface area contributed by atoms with E-state index in [1.807, 2.05) is 31.2 Å². The van der Waals surface area contributed by atoms with Crippen molar-refractivity contribution in [2.45, 2.75) is 31.1 Å². The lowest BCUT2D eigenvalue weighted by molar-refractivity contribution is -0.119. The lowest BCUT2D eigenvalue weighted by Gasteiger charge is -2.07. The molecule has 1 heterocycles. The molecule has 0 radical (unpaired) electrons. The van der Waals surface area contributed by atoms with Crippen molar-refractivity contribution in [2.75, 3.05) is 0 Å². The largest absolute Gasteiger partial charge is 0.351 e. The Hall–Kier alpha value is -1.70. The summed E-state index contributed by atoms with van der Waals surface area (Å²) in [5.41, 5.74) is 1.99. The van der Waals surface area contributed by atoms with Crippen molar-refractivity contribution in [1.29, 1.82) is 0 Å². The van der Waals surface area contributed by atoms with Crippen LogP contribution < -0.4 is 10.0 Å². The van der Waals surface area contributed by atoms with Crippen LogP contribution in [0.25, 0.3) is 0 Å². The van der Waals surface area contributed by atoms with Crippen molar-refractivity contribution in [3.05, 3.63) is 52.4 Å². The smallest absolute Gasteiger partial charge is 0.250 e. The van der Waals surface area contributed by atoms with Gasteiger partial charge in [0.2, 0.25) is 15.9 Å². The van der Waals surface area contributed by atoms with E-state index in [4.69, 9.17) is 0 Å². The van der Waals surface area contributed by atoms with Gasteiger partial charge in [0, 0.05) is 18.3 Å². The molecule has 0 unspecified atom stereocenters. The SMILES string of the molecule is CC(=O)NCc1ccc(S(=O)(=O)NCc2ccccc2C)s1. The topological polar surface area (TPSA) is 75.3 Å². The summed E-state index contributed by atoms with van der Waals surface area (Å²) in [5, 5.41) is 2.65. The highest BCUT2D eigenvalue weighted by Crippen LogP contribution is 2.21. The molecule has 2 N–H and O–H groups in total. The first-order valence-electron chi connectivity index (χ1n) is 6.76. The first-order valence-corrected chi connectivity index (χ1v) is 9.06. The standard InChI is InChI=1S/C15H18N2O3S2/c1-11-5-3-4-6-13(11)9-17-22(19,20)15-8-7-14(21-15)10-16-12(2)18/h3-8,17H,9-10H2,1-2H3,(H,16,18). The zero-order chi connectivity index (χ0) is 16.2. The van der Waals surface area contributed by atoms with Crippen LogP contribution >= 0.6 is 11.3 Å². The Balaban J connectivity index is 2.04. The molecule has 2 aromatic rings. The van der Waals surface area contributed by atoms with Gasteiger partial charge >= 0.3 is 0 Å². The zero-order valence-electron chi connectivity index (χ0n) is 12.4. The van der Waals surface area contributed by atoms with Gasteiger partial charge in [-0.3, -0.25) is 4.79 Å². The minimum atomic E-state index is -3.54. The van der Waals surface area contributed by atoms with Crippen LogP contribution in [0.2, 0.25) is 0 Å². The molecule has 2 rings (SSSR count). The van der Waals surface area contributed by atoms with Crippen molar-refractivity contribution in [3.8, 4) is 0 Å². The molecule has 0 spiro atoms. The number of benzene rings is 1. The minimum absolute atomic E-state index is 0.143. The van der Waals surface area contributed by atoms with E-state index in [1.54, 1.807) is 12.1 Å². The van der Waals surface area contributed by atoms with Gasteiger partial charge in [-0.1, -0.05) is 24.3 Å². The summed E-state index contributed by atoms with van der Waals surface area (Å²) in [5.74, 6) is -0.143. The van der Waals surface area contributed by atoms with Gasteiger partial charge in [-0.25, -0.2) is 13.1 Å². The summed E-state index contributed by atoms with van der Waals surface area (Å²) in [4.78, 5) is 11.7. The predicted molar refractivity (Wildman–Crippen MR) is 87.0 cm³/mol. The Morgan fingerprint density at radius 3 is 2.55 bits per heavy atom. The monoisotopic (exact) mass is 338 g/mol. The van der Waals surface area contributed by atoms with E-state index < -0.39 is 10.0 Å². The molecule has 22 heavy (non-hydrogen) atoms. The number of carbonyl (C=O) groups is 1. The molecule has 0 aliphatic heterocycles. The zero-order valence-corrected chi connectivity index (χ0v) is 14.1. The van der Waals surface area contributed by atoms with Crippen LogP contribution in [0.5, 0.6) is 0 Å². The third-order valence-corrected chi connectivity index (χ3v) is 6.11. The highest BCUT2D eigenvalue weighted by atomic mass is 32.2. The van der Waals surface area contributed by atoms with Crippen molar-refractivity contribution in [1.82, 2.24) is 10.0 Å². The fourth-order valence-electron chi connectivity index (χ4n) is 1.86. The van der Waals surface area contributed by atoms with Crippen molar-refractivity contribution < 1.29 is 13.2 Å². The average molecular weight is 338 g/mol. The normalized spacial score (nSPS) is 11.4. The van der Waals surface area contributed by atoms with Crippen LogP contribution in [0.15, 0.2) is 40.6 Å². The molecule has 118 valence electrons. The molecule has 5 nitrogen and oxygen atoms in total. The number of thiophene rings is 1. The van der Waals surface area contributed by atoms with Gasteiger partial charge in [0.15, 0.2) is 0 Å². The molecule has 0 saturated carbocycles. The molecule has 1 aromatic carbocycles. The molecule has 0 fully saturated rings. The van der Waals surface area contributed by atoms with Gasteiger partial charge in [0.25, 0.3) is 0 Å². The minimum Gasteiger partial charge on any atom is -0.351 e. The summed E-state index contributed by atoms with van der Waals surface area (Å²) in [7, 11) is -3.54. The maximum Gasteiger partial charge on any atom is 0.250 e. The summed E-state index contributed by atoms with van der Waals surface area (Å²) in [6.07, 6.45) is 0. The molecule has 0 bridgehead atoms. The number of hydrogen-bond donors (Lipinski definition) is 2. The molecule has 0 aliphatic carbocycles. The third-order valence-electron chi connectivity index (χ3n) is 3.13. The first-order chi connectivity index (χ1) is 10.4. The van der Waals surface area contributed by atoms with Crippen molar-refractivity contribution >= 4 is 27.3 Å². The lowest BCUT2D eigenvalue weighted by Crippen LogP contribution is -2.22. The van der Waals surface area contributed by atoms with Gasteiger partial charge in [-0.15, -0.1) is 11.3 Å². The Morgan fingerprint density at radius 1 is 1.14 bits per heavy atom. The number of carbonyl (C=O) groups excluding carboxylic acids is 1. The third kappa shape index (κ3) is 4.40. The number of hydrogen-bond acceptors (Lipinski definition) is 4. The van der Waals surface area contributed by atoms with Crippen LogP contribution in [-0.2, 0) is 27.9 Å². The summed E-state index contributed by atoms with van der Waals surface area (Å²) in [6, 6.07) is 10.9. The molecule has 7 heteroatoms. The number of sulfonamides is 1. The Labute approximate surface area is 134 Å². The number of nitrogens with one attached hydrogen (secondary N) is 2. The second kappa shape index (κ2) is 7.04. The summed E-state index contributed by atoms with van der Waals surface area (Å²) in [6.45, 7) is 3.97. The second-order valence-corrected chi connectivity index (χ2v) is 8.04. The Morgan fingerprint density at radius 2 is 1.86 bits per heavy atom. The number of aryl methyl sites for hydroxylation is 1. The van der Waals surface area contributed by atoms with Crippen LogP contribution in [0.1, 0.15) is 22.9 Å². The average Bonchev–Trinajstić information content (AvgIpc) is 2.94. The van der Waals surface area contributed by atoms with E-state index in [-0.39, 0.29) is 16.7 Å². The van der Waals surface area contributed by atoms with Crippen molar-refractivity contribution in [3.63, 3.8) is 0 Å². The highest BCUT2D eigenvalue weighted by Gasteiger charge is 2.16. The van der Waals surface area contributed by atoms with Crippen LogP contribution in [-0.4, -0.2) is 14.3 Å². The maximum atomic E-state index is 12.3. The molecule has 0 atom stereocenters. The first kappa shape index (κ1) is 16.7. The fraction of sp³-hybridized carbons (Fsp3) is 0.267. The van der Waals surface area contributed by atoms with Gasteiger partial charge in [-0.2, -0.15) is 0 Å². The lowest BCUT2D eigenvalue weighted by atomic mass is 10.1.